The van der Waals surface area contributed by atoms with Gasteiger partial charge in [0.05, 0.1) is 23.8 Å². The molecule has 0 atom stereocenters. The monoisotopic (exact) mass is 437 g/mol. The van der Waals surface area contributed by atoms with Crippen LogP contribution in [0.25, 0.3) is 6.08 Å². The topological polar surface area (TPSA) is 61.9 Å². The average Bonchev–Trinajstić information content (AvgIpc) is 2.81. The van der Waals surface area contributed by atoms with E-state index in [0.29, 0.717) is 11.4 Å². The molecule has 4 rings (SSSR count). The molecule has 0 saturated carbocycles. The van der Waals surface area contributed by atoms with E-state index in [0.717, 1.165) is 55.4 Å². The Bertz CT molecular complexity index is 942. The number of fused-ring (bicyclic) bond motifs is 1. The second-order valence-corrected chi connectivity index (χ2v) is 8.62. The van der Waals surface area contributed by atoms with Crippen molar-refractivity contribution in [3.63, 3.8) is 0 Å². The van der Waals surface area contributed by atoms with Crippen molar-refractivity contribution >= 4 is 35.3 Å². The van der Waals surface area contributed by atoms with E-state index in [2.05, 4.69) is 10.2 Å². The summed E-state index contributed by atoms with van der Waals surface area (Å²) in [7, 11) is 0. The summed E-state index contributed by atoms with van der Waals surface area (Å²) in [5.41, 5.74) is 1.75. The van der Waals surface area contributed by atoms with E-state index in [4.69, 9.17) is 4.74 Å². The molecule has 6 nitrogen and oxygen atoms in total. The number of hydrogen-bond acceptors (Lipinski definition) is 5. The molecule has 1 N–H and O–H groups in total. The van der Waals surface area contributed by atoms with Crippen LogP contribution in [0.3, 0.4) is 0 Å². The van der Waals surface area contributed by atoms with Crippen molar-refractivity contribution in [3.05, 3.63) is 65.1 Å². The molecular weight excluding hydrogens is 410 g/mol. The summed E-state index contributed by atoms with van der Waals surface area (Å²) in [6.45, 7) is 5.00. The van der Waals surface area contributed by atoms with Gasteiger partial charge in [-0.3, -0.25) is 19.4 Å². The van der Waals surface area contributed by atoms with Crippen molar-refractivity contribution < 1.29 is 14.3 Å². The van der Waals surface area contributed by atoms with E-state index in [-0.39, 0.29) is 18.4 Å². The number of rotatable bonds is 7. The molecule has 0 unspecified atom stereocenters. The molecule has 7 heteroatoms. The van der Waals surface area contributed by atoms with Gasteiger partial charge in [-0.15, -0.1) is 0 Å². The SMILES string of the molecule is O=C(CN1C(=O)C(=Cc2ccccc2)Sc2ccccc21)NCCCN1CCOCC1. The van der Waals surface area contributed by atoms with Crippen molar-refractivity contribution in [1.29, 1.82) is 0 Å². The highest BCUT2D eigenvalue weighted by molar-refractivity contribution is 8.04. The Labute approximate surface area is 187 Å². The van der Waals surface area contributed by atoms with Crippen LogP contribution in [0.15, 0.2) is 64.4 Å². The summed E-state index contributed by atoms with van der Waals surface area (Å²) in [5, 5.41) is 2.97. The van der Waals surface area contributed by atoms with Gasteiger partial charge in [-0.2, -0.15) is 0 Å². The van der Waals surface area contributed by atoms with Crippen LogP contribution >= 0.6 is 11.8 Å². The molecular formula is C24H27N3O3S. The zero-order valence-electron chi connectivity index (χ0n) is 17.5. The second kappa shape index (κ2) is 10.6. The molecule has 2 amide bonds. The minimum atomic E-state index is -0.143. The lowest BCUT2D eigenvalue weighted by molar-refractivity contribution is -0.122. The Kier molecular flexibility index (Phi) is 7.40. The van der Waals surface area contributed by atoms with Crippen LogP contribution in [0.5, 0.6) is 0 Å². The minimum absolute atomic E-state index is 0.0140. The van der Waals surface area contributed by atoms with E-state index >= 15 is 0 Å². The molecule has 0 aliphatic carbocycles. The number of ether oxygens (including phenoxy) is 1. The van der Waals surface area contributed by atoms with Gasteiger partial charge in [0.1, 0.15) is 6.54 Å². The first kappa shape index (κ1) is 21.6. The van der Waals surface area contributed by atoms with E-state index < -0.39 is 0 Å². The number of carbonyl (C=O) groups excluding carboxylic acids is 2. The maximum atomic E-state index is 13.2. The van der Waals surface area contributed by atoms with E-state index in [1.54, 1.807) is 4.90 Å². The fraction of sp³-hybridized carbons (Fsp3) is 0.333. The molecule has 0 spiro atoms. The fourth-order valence-electron chi connectivity index (χ4n) is 3.67. The van der Waals surface area contributed by atoms with Crippen LogP contribution in [-0.2, 0) is 14.3 Å². The molecule has 31 heavy (non-hydrogen) atoms. The molecule has 2 aliphatic heterocycles. The van der Waals surface area contributed by atoms with Crippen LogP contribution < -0.4 is 10.2 Å². The highest BCUT2D eigenvalue weighted by atomic mass is 32.2. The lowest BCUT2D eigenvalue weighted by Gasteiger charge is -2.30. The van der Waals surface area contributed by atoms with Gasteiger partial charge in [-0.1, -0.05) is 54.2 Å². The van der Waals surface area contributed by atoms with Gasteiger partial charge in [-0.25, -0.2) is 0 Å². The molecule has 0 aromatic heterocycles. The van der Waals surface area contributed by atoms with Crippen LogP contribution in [-0.4, -0.2) is 62.7 Å². The maximum Gasteiger partial charge on any atom is 0.265 e. The molecule has 2 heterocycles. The van der Waals surface area contributed by atoms with E-state index in [1.807, 2.05) is 60.7 Å². The highest BCUT2D eigenvalue weighted by Crippen LogP contribution is 2.41. The molecule has 2 aromatic rings. The predicted octanol–water partition coefficient (Wildman–Crippen LogP) is 3.00. The number of nitrogens with zero attached hydrogens (tertiary/aromatic N) is 2. The van der Waals surface area contributed by atoms with E-state index in [1.165, 1.54) is 11.8 Å². The van der Waals surface area contributed by atoms with E-state index in [9.17, 15) is 9.59 Å². The summed E-state index contributed by atoms with van der Waals surface area (Å²) in [6, 6.07) is 17.5. The van der Waals surface area contributed by atoms with Gasteiger partial charge in [0.2, 0.25) is 5.91 Å². The largest absolute Gasteiger partial charge is 0.379 e. The standard InChI is InChI=1S/C24H27N3O3S/c28-23(25-11-6-12-26-13-15-30-16-14-26)18-27-20-9-4-5-10-21(20)31-22(24(27)29)17-19-7-2-1-3-8-19/h1-5,7-10,17H,6,11-16,18H2,(H,25,28). The zero-order chi connectivity index (χ0) is 21.5. The summed E-state index contributed by atoms with van der Waals surface area (Å²) in [6.07, 6.45) is 2.77. The minimum Gasteiger partial charge on any atom is -0.379 e. The van der Waals surface area contributed by atoms with Crippen molar-refractivity contribution in [2.75, 3.05) is 50.8 Å². The number of morpholine rings is 1. The number of anilines is 1. The third-order valence-corrected chi connectivity index (χ3v) is 6.39. The first-order valence-electron chi connectivity index (χ1n) is 10.6. The quantitative estimate of drug-likeness (QED) is 0.533. The maximum absolute atomic E-state index is 13.2. The van der Waals surface area contributed by atoms with Crippen LogP contribution in [0.4, 0.5) is 5.69 Å². The number of benzene rings is 2. The molecule has 0 radical (unpaired) electrons. The van der Waals surface area contributed by atoms with Crippen LogP contribution in [0.1, 0.15) is 12.0 Å². The number of nitrogens with one attached hydrogen (secondary N) is 1. The third kappa shape index (κ3) is 5.76. The summed E-state index contributed by atoms with van der Waals surface area (Å²) < 4.78 is 5.36. The molecule has 1 fully saturated rings. The normalized spacial score (nSPS) is 18.1. The number of amides is 2. The Morgan fingerprint density at radius 2 is 1.81 bits per heavy atom. The first-order valence-corrected chi connectivity index (χ1v) is 11.4. The fourth-order valence-corrected chi connectivity index (χ4v) is 4.73. The molecule has 2 aliphatic rings. The molecule has 1 saturated heterocycles. The number of para-hydroxylation sites is 1. The Hall–Kier alpha value is -2.61. The number of hydrogen-bond donors (Lipinski definition) is 1. The van der Waals surface area contributed by atoms with Crippen LogP contribution in [0.2, 0.25) is 0 Å². The first-order chi connectivity index (χ1) is 15.2. The van der Waals surface area contributed by atoms with Gasteiger partial charge < -0.3 is 10.1 Å². The van der Waals surface area contributed by atoms with Crippen molar-refractivity contribution in [2.45, 2.75) is 11.3 Å². The third-order valence-electron chi connectivity index (χ3n) is 5.31. The summed E-state index contributed by atoms with van der Waals surface area (Å²) >= 11 is 1.45. The predicted molar refractivity (Wildman–Crippen MR) is 124 cm³/mol. The van der Waals surface area contributed by atoms with Gasteiger partial charge in [0.25, 0.3) is 5.91 Å². The lowest BCUT2D eigenvalue weighted by atomic mass is 10.2. The lowest BCUT2D eigenvalue weighted by Crippen LogP contribution is -2.43. The smallest absolute Gasteiger partial charge is 0.265 e. The molecule has 0 bridgehead atoms. The highest BCUT2D eigenvalue weighted by Gasteiger charge is 2.30. The van der Waals surface area contributed by atoms with Gasteiger partial charge in [0.15, 0.2) is 0 Å². The Morgan fingerprint density at radius 1 is 1.06 bits per heavy atom. The molecule has 162 valence electrons. The van der Waals surface area contributed by atoms with Gasteiger partial charge in [-0.05, 0) is 36.7 Å². The zero-order valence-corrected chi connectivity index (χ0v) is 18.3. The Balaban J connectivity index is 1.39. The van der Waals surface area contributed by atoms with Gasteiger partial charge in [0, 0.05) is 24.5 Å². The second-order valence-electron chi connectivity index (χ2n) is 7.54. The van der Waals surface area contributed by atoms with Crippen molar-refractivity contribution in [2.24, 2.45) is 0 Å². The van der Waals surface area contributed by atoms with Gasteiger partial charge >= 0.3 is 0 Å². The van der Waals surface area contributed by atoms with Crippen LogP contribution in [0, 0.1) is 0 Å². The number of carbonyl (C=O) groups is 2. The van der Waals surface area contributed by atoms with Crippen molar-refractivity contribution in [3.8, 4) is 0 Å². The van der Waals surface area contributed by atoms with Crippen molar-refractivity contribution in [1.82, 2.24) is 10.2 Å². The Morgan fingerprint density at radius 3 is 2.61 bits per heavy atom. The summed E-state index contributed by atoms with van der Waals surface area (Å²) in [4.78, 5) is 31.3. The summed E-state index contributed by atoms with van der Waals surface area (Å²) in [5.74, 6) is -0.285. The number of thioether (sulfide) groups is 1. The average molecular weight is 438 g/mol. The molecule has 2 aromatic carbocycles.